The molecule has 2 aromatic rings. The number of halogens is 1. The lowest BCUT2D eigenvalue weighted by Gasteiger charge is -2.31. The number of nitrogens with one attached hydrogen (secondary N) is 1. The van der Waals surface area contributed by atoms with Crippen molar-refractivity contribution in [2.45, 2.75) is 37.6 Å². The Hall–Kier alpha value is -1.90. The van der Waals surface area contributed by atoms with Crippen LogP contribution in [-0.2, 0) is 21.4 Å². The minimum Gasteiger partial charge on any atom is -0.496 e. The molecule has 1 aliphatic rings. The largest absolute Gasteiger partial charge is 0.496 e. The predicted octanol–water partition coefficient (Wildman–Crippen LogP) is 3.87. The lowest BCUT2D eigenvalue weighted by atomic mass is 9.94. The number of amides is 1. The molecule has 0 saturated carbocycles. The number of methoxy groups -OCH3 is 1. The molecule has 1 fully saturated rings. The molecular weight excluding hydrogens is 468 g/mol. The standard InChI is InChI=1S/C22H27BrN2O4S/c1-16-3-6-20(7-4-16)30(27,28)25-11-9-17(10-12-25)13-22(26)24-15-18-14-19(23)5-8-21(18)29-2/h3-8,14,17H,9-13,15H2,1-2H3,(H,24,26). The average Bonchev–Trinajstić information content (AvgIpc) is 2.73. The van der Waals surface area contributed by atoms with Crippen LogP contribution in [-0.4, -0.2) is 38.8 Å². The smallest absolute Gasteiger partial charge is 0.243 e. The summed E-state index contributed by atoms with van der Waals surface area (Å²) in [5.41, 5.74) is 1.93. The molecule has 2 aromatic carbocycles. The number of carbonyl (C=O) groups excluding carboxylic acids is 1. The third-order valence-electron chi connectivity index (χ3n) is 5.42. The van der Waals surface area contributed by atoms with Crippen molar-refractivity contribution >= 4 is 31.9 Å². The van der Waals surface area contributed by atoms with E-state index in [1.807, 2.05) is 37.3 Å². The van der Waals surface area contributed by atoms with Crippen molar-refractivity contribution < 1.29 is 17.9 Å². The number of hydrogen-bond donors (Lipinski definition) is 1. The molecule has 0 unspecified atom stereocenters. The van der Waals surface area contributed by atoms with Gasteiger partial charge in [0.05, 0.1) is 12.0 Å². The second-order valence-corrected chi connectivity index (χ2v) is 10.5. The van der Waals surface area contributed by atoms with E-state index >= 15 is 0 Å². The molecule has 0 spiro atoms. The average molecular weight is 495 g/mol. The zero-order valence-electron chi connectivity index (χ0n) is 17.2. The van der Waals surface area contributed by atoms with Gasteiger partial charge in [0.2, 0.25) is 15.9 Å². The van der Waals surface area contributed by atoms with E-state index in [-0.39, 0.29) is 11.8 Å². The lowest BCUT2D eigenvalue weighted by molar-refractivity contribution is -0.122. The van der Waals surface area contributed by atoms with Crippen molar-refractivity contribution in [2.75, 3.05) is 20.2 Å². The molecule has 1 N–H and O–H groups in total. The van der Waals surface area contributed by atoms with Crippen molar-refractivity contribution in [3.8, 4) is 5.75 Å². The first-order chi connectivity index (χ1) is 14.3. The van der Waals surface area contributed by atoms with Crippen LogP contribution in [0.3, 0.4) is 0 Å². The van der Waals surface area contributed by atoms with Crippen LogP contribution in [0.15, 0.2) is 51.8 Å². The van der Waals surface area contributed by atoms with Gasteiger partial charge >= 0.3 is 0 Å². The van der Waals surface area contributed by atoms with Crippen molar-refractivity contribution in [3.63, 3.8) is 0 Å². The molecular formula is C22H27BrN2O4S. The van der Waals surface area contributed by atoms with Crippen LogP contribution in [0.5, 0.6) is 5.75 Å². The van der Waals surface area contributed by atoms with Crippen LogP contribution in [0.25, 0.3) is 0 Å². The fourth-order valence-corrected chi connectivity index (χ4v) is 5.50. The van der Waals surface area contributed by atoms with Gasteiger partial charge in [-0.2, -0.15) is 4.31 Å². The van der Waals surface area contributed by atoms with Gasteiger partial charge in [-0.3, -0.25) is 4.79 Å². The fraction of sp³-hybridized carbons (Fsp3) is 0.409. The van der Waals surface area contributed by atoms with E-state index in [0.717, 1.165) is 21.3 Å². The molecule has 1 heterocycles. The highest BCUT2D eigenvalue weighted by atomic mass is 79.9. The van der Waals surface area contributed by atoms with Crippen LogP contribution in [0.1, 0.15) is 30.4 Å². The number of ether oxygens (including phenoxy) is 1. The van der Waals surface area contributed by atoms with Crippen molar-refractivity contribution in [2.24, 2.45) is 5.92 Å². The molecule has 1 amide bonds. The van der Waals surface area contributed by atoms with Gasteiger partial charge in [-0.1, -0.05) is 33.6 Å². The van der Waals surface area contributed by atoms with E-state index in [1.165, 1.54) is 4.31 Å². The van der Waals surface area contributed by atoms with Crippen LogP contribution < -0.4 is 10.1 Å². The van der Waals surface area contributed by atoms with Gasteiger partial charge in [-0.25, -0.2) is 8.42 Å². The topological polar surface area (TPSA) is 75.7 Å². The van der Waals surface area contributed by atoms with Crippen molar-refractivity contribution in [1.29, 1.82) is 0 Å². The number of benzene rings is 2. The van der Waals surface area contributed by atoms with Crippen LogP contribution in [0, 0.1) is 12.8 Å². The zero-order chi connectivity index (χ0) is 21.7. The predicted molar refractivity (Wildman–Crippen MR) is 120 cm³/mol. The summed E-state index contributed by atoms with van der Waals surface area (Å²) in [6.07, 6.45) is 1.76. The summed E-state index contributed by atoms with van der Waals surface area (Å²) in [6, 6.07) is 12.6. The summed E-state index contributed by atoms with van der Waals surface area (Å²) in [5, 5.41) is 2.95. The maximum Gasteiger partial charge on any atom is 0.243 e. The third-order valence-corrected chi connectivity index (χ3v) is 7.83. The Morgan fingerprint density at radius 1 is 1.17 bits per heavy atom. The number of carbonyl (C=O) groups is 1. The summed E-state index contributed by atoms with van der Waals surface area (Å²) in [5.74, 6) is 0.879. The van der Waals surface area contributed by atoms with E-state index in [9.17, 15) is 13.2 Å². The van der Waals surface area contributed by atoms with Crippen LogP contribution in [0.2, 0.25) is 0 Å². The Morgan fingerprint density at radius 3 is 2.47 bits per heavy atom. The van der Waals surface area contributed by atoms with Gasteiger partial charge in [0.1, 0.15) is 5.75 Å². The number of piperidine rings is 1. The molecule has 162 valence electrons. The number of nitrogens with zero attached hydrogens (tertiary/aromatic N) is 1. The molecule has 0 atom stereocenters. The summed E-state index contributed by atoms with van der Waals surface area (Å²) in [6.45, 7) is 3.20. The minimum atomic E-state index is -3.47. The molecule has 0 aliphatic carbocycles. The van der Waals surface area contributed by atoms with Gasteiger partial charge in [0.25, 0.3) is 0 Å². The summed E-state index contributed by atoms with van der Waals surface area (Å²) in [4.78, 5) is 12.7. The van der Waals surface area contributed by atoms with E-state index in [4.69, 9.17) is 4.74 Å². The summed E-state index contributed by atoms with van der Waals surface area (Å²) < 4.78 is 33.4. The molecule has 0 aromatic heterocycles. The summed E-state index contributed by atoms with van der Waals surface area (Å²) >= 11 is 3.43. The molecule has 3 rings (SSSR count). The highest BCUT2D eigenvalue weighted by Gasteiger charge is 2.30. The van der Waals surface area contributed by atoms with E-state index in [2.05, 4.69) is 21.2 Å². The molecule has 0 bridgehead atoms. The highest BCUT2D eigenvalue weighted by Crippen LogP contribution is 2.26. The third kappa shape index (κ3) is 5.62. The van der Waals surface area contributed by atoms with E-state index in [0.29, 0.717) is 43.8 Å². The van der Waals surface area contributed by atoms with Gasteiger partial charge in [-0.15, -0.1) is 0 Å². The monoisotopic (exact) mass is 494 g/mol. The Bertz CT molecular complexity index is 985. The molecule has 6 nitrogen and oxygen atoms in total. The first-order valence-corrected chi connectivity index (χ1v) is 12.2. The van der Waals surface area contributed by atoms with Gasteiger partial charge in [-0.05, 0) is 56.0 Å². The fourth-order valence-electron chi connectivity index (χ4n) is 3.63. The number of hydrogen-bond acceptors (Lipinski definition) is 4. The first-order valence-electron chi connectivity index (χ1n) is 9.95. The van der Waals surface area contributed by atoms with E-state index in [1.54, 1.807) is 19.2 Å². The quantitative estimate of drug-likeness (QED) is 0.633. The zero-order valence-corrected chi connectivity index (χ0v) is 19.6. The Morgan fingerprint density at radius 2 is 1.83 bits per heavy atom. The van der Waals surface area contributed by atoms with Crippen LogP contribution >= 0.6 is 15.9 Å². The molecule has 1 saturated heterocycles. The van der Waals surface area contributed by atoms with Gasteiger partial charge in [0, 0.05) is 36.1 Å². The Labute approximate surface area is 186 Å². The Balaban J connectivity index is 1.50. The van der Waals surface area contributed by atoms with Crippen molar-refractivity contribution in [1.82, 2.24) is 9.62 Å². The van der Waals surface area contributed by atoms with Crippen molar-refractivity contribution in [3.05, 3.63) is 58.1 Å². The minimum absolute atomic E-state index is 0.0307. The number of aryl methyl sites for hydroxylation is 1. The van der Waals surface area contributed by atoms with Gasteiger partial charge in [0.15, 0.2) is 0 Å². The number of rotatable bonds is 7. The summed E-state index contributed by atoms with van der Waals surface area (Å²) in [7, 11) is -1.87. The van der Waals surface area contributed by atoms with Crippen LogP contribution in [0.4, 0.5) is 0 Å². The molecule has 8 heteroatoms. The maximum absolute atomic E-state index is 12.8. The van der Waals surface area contributed by atoms with Gasteiger partial charge < -0.3 is 10.1 Å². The first kappa shape index (κ1) is 22.8. The Kier molecular flexibility index (Phi) is 7.55. The molecule has 1 aliphatic heterocycles. The lowest BCUT2D eigenvalue weighted by Crippen LogP contribution is -2.39. The second kappa shape index (κ2) is 9.94. The SMILES string of the molecule is COc1ccc(Br)cc1CNC(=O)CC1CCN(S(=O)(=O)c2ccc(C)cc2)CC1. The second-order valence-electron chi connectivity index (χ2n) is 7.60. The molecule has 0 radical (unpaired) electrons. The van der Waals surface area contributed by atoms with E-state index < -0.39 is 10.0 Å². The maximum atomic E-state index is 12.8. The normalized spacial score (nSPS) is 15.7. The molecule has 30 heavy (non-hydrogen) atoms. The highest BCUT2D eigenvalue weighted by molar-refractivity contribution is 9.10. The number of sulfonamides is 1.